The average molecular weight is 400 g/mol. The molecule has 1 N–H and O–H groups in total. The number of carbonyl (C=O) groups excluding carboxylic acids is 3. The van der Waals surface area contributed by atoms with E-state index in [1.54, 1.807) is 44.4 Å². The van der Waals surface area contributed by atoms with Crippen molar-refractivity contribution in [3.05, 3.63) is 53.6 Å². The highest BCUT2D eigenvalue weighted by atomic mass is 16.5. The van der Waals surface area contributed by atoms with Crippen molar-refractivity contribution in [2.75, 3.05) is 39.7 Å². The zero-order valence-corrected chi connectivity index (χ0v) is 16.9. The molecule has 0 aliphatic carbocycles. The Morgan fingerprint density at radius 1 is 0.966 bits per heavy atom. The number of nitrogens with one attached hydrogen (secondary N) is 1. The van der Waals surface area contributed by atoms with Gasteiger partial charge in [-0.2, -0.15) is 0 Å². The molecular formula is C21H24N2O6. The maximum Gasteiger partial charge on any atom is 0.338 e. The molecule has 8 nitrogen and oxygen atoms in total. The molecule has 8 heteroatoms. The molecule has 0 spiro atoms. The molecule has 29 heavy (non-hydrogen) atoms. The molecule has 0 fully saturated rings. The highest BCUT2D eigenvalue weighted by Crippen LogP contribution is 2.28. The number of benzene rings is 2. The van der Waals surface area contributed by atoms with Gasteiger partial charge < -0.3 is 24.4 Å². The number of esters is 1. The molecule has 0 unspecified atom stereocenters. The number of anilines is 1. The van der Waals surface area contributed by atoms with E-state index in [-0.39, 0.29) is 11.5 Å². The van der Waals surface area contributed by atoms with Crippen LogP contribution in [-0.4, -0.2) is 57.1 Å². The van der Waals surface area contributed by atoms with Crippen molar-refractivity contribution in [1.82, 2.24) is 4.90 Å². The molecule has 2 rings (SSSR count). The van der Waals surface area contributed by atoms with E-state index in [1.165, 1.54) is 24.1 Å². The van der Waals surface area contributed by atoms with Crippen molar-refractivity contribution < 1.29 is 28.6 Å². The van der Waals surface area contributed by atoms with E-state index in [0.29, 0.717) is 29.4 Å². The summed E-state index contributed by atoms with van der Waals surface area (Å²) in [6.45, 7) is 1.78. The topological polar surface area (TPSA) is 94.2 Å². The van der Waals surface area contributed by atoms with E-state index in [9.17, 15) is 14.4 Å². The maximum atomic E-state index is 12.2. The number of rotatable bonds is 8. The lowest BCUT2D eigenvalue weighted by Gasteiger charge is -2.12. The zero-order chi connectivity index (χ0) is 21.4. The summed E-state index contributed by atoms with van der Waals surface area (Å²) < 4.78 is 15.6. The van der Waals surface area contributed by atoms with Crippen LogP contribution in [0.15, 0.2) is 42.5 Å². The van der Waals surface area contributed by atoms with Crippen LogP contribution in [0.2, 0.25) is 0 Å². The van der Waals surface area contributed by atoms with E-state index < -0.39 is 18.5 Å². The molecule has 2 amide bonds. The summed E-state index contributed by atoms with van der Waals surface area (Å²) in [4.78, 5) is 37.6. The standard InChI is InChI=1S/C21H24N2O6/c1-5-28-18-12-15(8-11-17(18)27-4)21(26)29-13-19(24)22-16-9-6-14(7-10-16)20(25)23(2)3/h6-12H,5,13H2,1-4H3,(H,22,24). The van der Waals surface area contributed by atoms with Gasteiger partial charge in [0.05, 0.1) is 19.3 Å². The minimum atomic E-state index is -0.657. The fourth-order valence-corrected chi connectivity index (χ4v) is 2.44. The van der Waals surface area contributed by atoms with Crippen LogP contribution >= 0.6 is 0 Å². The quantitative estimate of drug-likeness (QED) is 0.685. The van der Waals surface area contributed by atoms with Crippen LogP contribution in [0, 0.1) is 0 Å². The molecule has 0 atom stereocenters. The van der Waals surface area contributed by atoms with E-state index >= 15 is 0 Å². The molecule has 0 radical (unpaired) electrons. The molecule has 2 aromatic carbocycles. The lowest BCUT2D eigenvalue weighted by atomic mass is 10.2. The molecule has 0 saturated heterocycles. The second-order valence-electron chi connectivity index (χ2n) is 6.20. The molecule has 2 aromatic rings. The second kappa shape index (κ2) is 10.1. The summed E-state index contributed by atoms with van der Waals surface area (Å²) in [5, 5.41) is 2.61. The van der Waals surface area contributed by atoms with Gasteiger partial charge in [0.15, 0.2) is 18.1 Å². The molecule has 0 aliphatic heterocycles. The first-order chi connectivity index (χ1) is 13.8. The van der Waals surface area contributed by atoms with Crippen molar-refractivity contribution in [2.24, 2.45) is 0 Å². The Morgan fingerprint density at radius 3 is 2.21 bits per heavy atom. The minimum absolute atomic E-state index is 0.136. The van der Waals surface area contributed by atoms with Crippen LogP contribution in [0.25, 0.3) is 0 Å². The third kappa shape index (κ3) is 5.97. The Labute approximate surface area is 169 Å². The number of hydrogen-bond acceptors (Lipinski definition) is 6. The Morgan fingerprint density at radius 2 is 1.62 bits per heavy atom. The Bertz CT molecular complexity index is 877. The second-order valence-corrected chi connectivity index (χ2v) is 6.20. The van der Waals surface area contributed by atoms with Crippen LogP contribution in [0.3, 0.4) is 0 Å². The van der Waals surface area contributed by atoms with Gasteiger partial charge in [-0.25, -0.2) is 4.79 Å². The fourth-order valence-electron chi connectivity index (χ4n) is 2.44. The summed E-state index contributed by atoms with van der Waals surface area (Å²) in [5.74, 6) is -0.374. The van der Waals surface area contributed by atoms with Crippen LogP contribution in [-0.2, 0) is 9.53 Å². The normalized spacial score (nSPS) is 10.1. The Hall–Kier alpha value is -3.55. The van der Waals surface area contributed by atoms with Gasteiger partial charge in [0.25, 0.3) is 11.8 Å². The summed E-state index contributed by atoms with van der Waals surface area (Å²) in [6, 6.07) is 11.1. The van der Waals surface area contributed by atoms with E-state index in [1.807, 2.05) is 6.92 Å². The maximum absolute atomic E-state index is 12.2. The monoisotopic (exact) mass is 400 g/mol. The van der Waals surface area contributed by atoms with Gasteiger partial charge in [-0.1, -0.05) is 0 Å². The van der Waals surface area contributed by atoms with Gasteiger partial charge in [0, 0.05) is 25.3 Å². The summed E-state index contributed by atoms with van der Waals surface area (Å²) in [6.07, 6.45) is 0. The SMILES string of the molecule is CCOc1cc(C(=O)OCC(=O)Nc2ccc(C(=O)N(C)C)cc2)ccc1OC. The summed E-state index contributed by atoms with van der Waals surface area (Å²) in [7, 11) is 4.82. The first kappa shape index (κ1) is 21.7. The van der Waals surface area contributed by atoms with Crippen molar-refractivity contribution >= 4 is 23.5 Å². The highest BCUT2D eigenvalue weighted by molar-refractivity contribution is 5.97. The first-order valence-corrected chi connectivity index (χ1v) is 8.95. The van der Waals surface area contributed by atoms with Crippen molar-refractivity contribution in [2.45, 2.75) is 6.92 Å². The van der Waals surface area contributed by atoms with Gasteiger partial charge in [0.1, 0.15) is 0 Å². The van der Waals surface area contributed by atoms with Crippen LogP contribution in [0.4, 0.5) is 5.69 Å². The minimum Gasteiger partial charge on any atom is -0.493 e. The first-order valence-electron chi connectivity index (χ1n) is 8.95. The van der Waals surface area contributed by atoms with Gasteiger partial charge in [-0.05, 0) is 49.4 Å². The smallest absolute Gasteiger partial charge is 0.338 e. The fraction of sp³-hybridized carbons (Fsp3) is 0.286. The predicted molar refractivity (Wildman–Crippen MR) is 108 cm³/mol. The number of carbonyl (C=O) groups is 3. The number of amides is 2. The van der Waals surface area contributed by atoms with Crippen molar-refractivity contribution in [3.8, 4) is 11.5 Å². The molecule has 0 saturated carbocycles. The number of nitrogens with zero attached hydrogens (tertiary/aromatic N) is 1. The lowest BCUT2D eigenvalue weighted by molar-refractivity contribution is -0.119. The number of methoxy groups -OCH3 is 1. The van der Waals surface area contributed by atoms with Gasteiger partial charge in [-0.3, -0.25) is 9.59 Å². The van der Waals surface area contributed by atoms with Gasteiger partial charge in [-0.15, -0.1) is 0 Å². The largest absolute Gasteiger partial charge is 0.493 e. The van der Waals surface area contributed by atoms with E-state index in [2.05, 4.69) is 5.32 Å². The molecular weight excluding hydrogens is 376 g/mol. The Balaban J connectivity index is 1.92. The van der Waals surface area contributed by atoms with Gasteiger partial charge in [0.2, 0.25) is 0 Å². The molecule has 0 heterocycles. The van der Waals surface area contributed by atoms with Crippen molar-refractivity contribution in [1.29, 1.82) is 0 Å². The zero-order valence-electron chi connectivity index (χ0n) is 16.9. The van der Waals surface area contributed by atoms with Crippen LogP contribution < -0.4 is 14.8 Å². The highest BCUT2D eigenvalue weighted by Gasteiger charge is 2.14. The van der Waals surface area contributed by atoms with Crippen LogP contribution in [0.5, 0.6) is 11.5 Å². The number of hydrogen-bond donors (Lipinski definition) is 1. The summed E-state index contributed by atoms with van der Waals surface area (Å²) >= 11 is 0. The molecule has 154 valence electrons. The van der Waals surface area contributed by atoms with Crippen LogP contribution in [0.1, 0.15) is 27.6 Å². The molecule has 0 aliphatic rings. The summed E-state index contributed by atoms with van der Waals surface area (Å²) in [5.41, 5.74) is 1.24. The van der Waals surface area contributed by atoms with Crippen molar-refractivity contribution in [3.63, 3.8) is 0 Å². The van der Waals surface area contributed by atoms with E-state index in [4.69, 9.17) is 14.2 Å². The average Bonchev–Trinajstić information content (AvgIpc) is 2.72. The Kier molecular flexibility index (Phi) is 7.59. The predicted octanol–water partition coefficient (Wildman–Crippen LogP) is 2.59. The number of ether oxygens (including phenoxy) is 3. The third-order valence-electron chi connectivity index (χ3n) is 3.86. The lowest BCUT2D eigenvalue weighted by Crippen LogP contribution is -2.22. The molecule has 0 aromatic heterocycles. The van der Waals surface area contributed by atoms with E-state index in [0.717, 1.165) is 0 Å². The third-order valence-corrected chi connectivity index (χ3v) is 3.86. The van der Waals surface area contributed by atoms with Gasteiger partial charge >= 0.3 is 5.97 Å². The molecule has 0 bridgehead atoms.